The Morgan fingerprint density at radius 3 is 1.81 bits per heavy atom. The normalized spacial score (nSPS) is 19.0. The molecule has 0 atom stereocenters. The first-order chi connectivity index (χ1) is 7.39. The lowest BCUT2D eigenvalue weighted by Crippen LogP contribution is -2.64. The van der Waals surface area contributed by atoms with Gasteiger partial charge in [0, 0.05) is 19.8 Å². The molecule has 5 heteroatoms. The second kappa shape index (κ2) is 7.54. The van der Waals surface area contributed by atoms with Crippen LogP contribution in [0, 0.1) is 0 Å². The number of carbonyl (C=O) groups excluding carboxylic acids is 1. The number of aliphatic hydroxyl groups is 1. The topological polar surface area (TPSA) is 49.3 Å². The van der Waals surface area contributed by atoms with Crippen LogP contribution in [0.15, 0.2) is 0 Å². The number of alkyl halides is 2. The molecule has 0 radical (unpaired) electrons. The molecular formula is C11H23F2NO2. The Morgan fingerprint density at radius 2 is 1.62 bits per heavy atom. The van der Waals surface area contributed by atoms with Crippen molar-refractivity contribution in [1.82, 2.24) is 5.32 Å². The molecule has 1 fully saturated rings. The van der Waals surface area contributed by atoms with Gasteiger partial charge in [-0.1, -0.05) is 27.7 Å². The zero-order valence-corrected chi connectivity index (χ0v) is 10.7. The second-order valence-electron chi connectivity index (χ2n) is 3.33. The van der Waals surface area contributed by atoms with Gasteiger partial charge in [0.2, 0.25) is 5.91 Å². The maximum Gasteiger partial charge on any atom is 0.252 e. The number of amides is 1. The largest absolute Gasteiger partial charge is 0.394 e. The molecule has 16 heavy (non-hydrogen) atoms. The molecular weight excluding hydrogens is 216 g/mol. The third-order valence-electron chi connectivity index (χ3n) is 1.94. The first-order valence-electron chi connectivity index (χ1n) is 5.67. The Bertz CT molecular complexity index is 200. The van der Waals surface area contributed by atoms with E-state index in [0.29, 0.717) is 0 Å². The third-order valence-corrected chi connectivity index (χ3v) is 1.94. The molecule has 0 unspecified atom stereocenters. The lowest BCUT2D eigenvalue weighted by molar-refractivity contribution is -0.155. The molecule has 1 amide bonds. The van der Waals surface area contributed by atoms with Crippen LogP contribution in [0.3, 0.4) is 0 Å². The fourth-order valence-electron chi connectivity index (χ4n) is 1.55. The third kappa shape index (κ3) is 5.39. The lowest BCUT2D eigenvalue weighted by atomic mass is 9.74. The van der Waals surface area contributed by atoms with Crippen molar-refractivity contribution >= 4 is 5.91 Å². The predicted molar refractivity (Wildman–Crippen MR) is 60.5 cm³/mol. The van der Waals surface area contributed by atoms with Crippen LogP contribution in [-0.2, 0) is 4.79 Å². The summed E-state index contributed by atoms with van der Waals surface area (Å²) in [5, 5.41) is 11.1. The van der Waals surface area contributed by atoms with Crippen molar-refractivity contribution in [2.24, 2.45) is 0 Å². The van der Waals surface area contributed by atoms with Gasteiger partial charge in [0.15, 0.2) is 0 Å². The molecule has 1 aliphatic carbocycles. The van der Waals surface area contributed by atoms with Gasteiger partial charge < -0.3 is 10.4 Å². The van der Waals surface area contributed by atoms with E-state index >= 15 is 0 Å². The van der Waals surface area contributed by atoms with E-state index in [1.807, 2.05) is 27.7 Å². The van der Waals surface area contributed by atoms with Gasteiger partial charge >= 0.3 is 0 Å². The quantitative estimate of drug-likeness (QED) is 0.777. The summed E-state index contributed by atoms with van der Waals surface area (Å²) in [7, 11) is 0. The molecule has 0 spiro atoms. The van der Waals surface area contributed by atoms with E-state index in [0.717, 1.165) is 0 Å². The van der Waals surface area contributed by atoms with E-state index in [-0.39, 0.29) is 5.91 Å². The van der Waals surface area contributed by atoms with Gasteiger partial charge in [-0.15, -0.1) is 0 Å². The van der Waals surface area contributed by atoms with E-state index in [2.05, 4.69) is 5.32 Å². The molecule has 1 saturated carbocycles. The average Bonchev–Trinajstić information content (AvgIpc) is 2.20. The average molecular weight is 239 g/mol. The summed E-state index contributed by atoms with van der Waals surface area (Å²) in [6.07, 6.45) is -0.924. The highest BCUT2D eigenvalue weighted by molar-refractivity contribution is 5.74. The lowest BCUT2D eigenvalue weighted by Gasteiger charge is -2.46. The minimum atomic E-state index is -2.73. The number of aliphatic hydroxyl groups excluding tert-OH is 1. The molecule has 0 saturated heterocycles. The van der Waals surface area contributed by atoms with E-state index in [1.54, 1.807) is 0 Å². The van der Waals surface area contributed by atoms with E-state index in [9.17, 15) is 13.6 Å². The van der Waals surface area contributed by atoms with Gasteiger partial charge in [0.25, 0.3) is 5.92 Å². The number of carbonyl (C=O) groups is 1. The zero-order valence-electron chi connectivity index (χ0n) is 10.7. The number of halogens is 2. The summed E-state index contributed by atoms with van der Waals surface area (Å²) in [5.74, 6) is -3.12. The Balaban J connectivity index is 0. The highest BCUT2D eigenvalue weighted by atomic mass is 19.3. The second-order valence-corrected chi connectivity index (χ2v) is 3.33. The van der Waals surface area contributed by atoms with Gasteiger partial charge in [0.1, 0.15) is 0 Å². The van der Waals surface area contributed by atoms with Gasteiger partial charge in [-0.25, -0.2) is 8.78 Å². The van der Waals surface area contributed by atoms with Gasteiger partial charge in [-0.3, -0.25) is 4.79 Å². The van der Waals surface area contributed by atoms with Gasteiger partial charge in [0.05, 0.1) is 12.1 Å². The fourth-order valence-corrected chi connectivity index (χ4v) is 1.55. The van der Waals surface area contributed by atoms with Crippen LogP contribution < -0.4 is 5.32 Å². The van der Waals surface area contributed by atoms with E-state index in [1.165, 1.54) is 6.92 Å². The van der Waals surface area contributed by atoms with E-state index < -0.39 is 30.9 Å². The van der Waals surface area contributed by atoms with Crippen molar-refractivity contribution in [2.45, 2.75) is 58.9 Å². The van der Waals surface area contributed by atoms with Crippen molar-refractivity contribution in [2.75, 3.05) is 6.61 Å². The molecule has 2 N–H and O–H groups in total. The van der Waals surface area contributed by atoms with Gasteiger partial charge in [-0.2, -0.15) is 0 Å². The zero-order chi connectivity index (χ0) is 13.4. The van der Waals surface area contributed by atoms with Crippen LogP contribution in [0.25, 0.3) is 0 Å². The SMILES string of the molecule is CC.CC.CC(=O)NC1(CO)CC(F)(F)C1. The molecule has 0 aliphatic heterocycles. The van der Waals surface area contributed by atoms with Crippen LogP contribution in [0.4, 0.5) is 8.78 Å². The predicted octanol–water partition coefficient (Wildman–Crippen LogP) is 2.34. The summed E-state index contributed by atoms with van der Waals surface area (Å²) in [6, 6.07) is 0. The Morgan fingerprint density at radius 1 is 1.25 bits per heavy atom. The van der Waals surface area contributed by atoms with Gasteiger partial charge in [-0.05, 0) is 0 Å². The van der Waals surface area contributed by atoms with E-state index in [4.69, 9.17) is 5.11 Å². The van der Waals surface area contributed by atoms with Crippen LogP contribution in [0.1, 0.15) is 47.5 Å². The Labute approximate surface area is 96.2 Å². The monoisotopic (exact) mass is 239 g/mol. The first-order valence-corrected chi connectivity index (χ1v) is 5.67. The summed E-state index contributed by atoms with van der Waals surface area (Å²) >= 11 is 0. The maximum absolute atomic E-state index is 12.4. The Hall–Kier alpha value is -0.710. The van der Waals surface area contributed by atoms with Crippen molar-refractivity contribution in [1.29, 1.82) is 0 Å². The molecule has 1 aliphatic rings. The molecule has 0 aromatic heterocycles. The van der Waals surface area contributed by atoms with Crippen LogP contribution in [-0.4, -0.2) is 29.1 Å². The highest BCUT2D eigenvalue weighted by Gasteiger charge is 2.56. The molecule has 0 bridgehead atoms. The van der Waals surface area contributed by atoms with Crippen LogP contribution in [0.2, 0.25) is 0 Å². The molecule has 0 aromatic rings. The highest BCUT2D eigenvalue weighted by Crippen LogP contribution is 2.45. The number of rotatable bonds is 2. The molecule has 0 aromatic carbocycles. The van der Waals surface area contributed by atoms with Crippen LogP contribution in [0.5, 0.6) is 0 Å². The summed E-state index contributed by atoms with van der Waals surface area (Å²) in [4.78, 5) is 10.6. The fraction of sp³-hybridized carbons (Fsp3) is 0.909. The standard InChI is InChI=1S/C7H11F2NO2.2C2H6/c1-5(12)10-6(4-11)2-7(8,9)3-6;2*1-2/h11H,2-4H2,1H3,(H,10,12);2*1-2H3. The smallest absolute Gasteiger partial charge is 0.252 e. The minimum Gasteiger partial charge on any atom is -0.394 e. The minimum absolute atomic E-state index is 0.389. The number of hydrogen-bond acceptors (Lipinski definition) is 2. The summed E-state index contributed by atoms with van der Waals surface area (Å²) in [6.45, 7) is 8.82. The molecule has 98 valence electrons. The number of nitrogens with one attached hydrogen (secondary N) is 1. The molecule has 3 nitrogen and oxygen atoms in total. The first kappa shape index (κ1) is 17.7. The Kier molecular flexibility index (Phi) is 8.34. The molecule has 1 rings (SSSR count). The van der Waals surface area contributed by atoms with Crippen molar-refractivity contribution in [3.05, 3.63) is 0 Å². The van der Waals surface area contributed by atoms with Crippen molar-refractivity contribution < 1.29 is 18.7 Å². The summed E-state index contributed by atoms with van der Waals surface area (Å²) in [5.41, 5.74) is -1.07. The molecule has 0 heterocycles. The maximum atomic E-state index is 12.4. The number of hydrogen-bond donors (Lipinski definition) is 2. The summed E-state index contributed by atoms with van der Waals surface area (Å²) < 4.78 is 24.8. The van der Waals surface area contributed by atoms with Crippen LogP contribution >= 0.6 is 0 Å². The van der Waals surface area contributed by atoms with Crippen molar-refractivity contribution in [3.8, 4) is 0 Å². The van der Waals surface area contributed by atoms with Crippen molar-refractivity contribution in [3.63, 3.8) is 0 Å².